The third-order valence-electron chi connectivity index (χ3n) is 4.00. The molecular formula is C17H16N4O3. The van der Waals surface area contributed by atoms with Crippen LogP contribution < -0.4 is 10.1 Å². The van der Waals surface area contributed by atoms with Crippen LogP contribution in [0.1, 0.15) is 34.8 Å². The first kappa shape index (κ1) is 14.5. The molecule has 0 bridgehead atoms. The molecule has 122 valence electrons. The summed E-state index contributed by atoms with van der Waals surface area (Å²) in [5.74, 6) is 0.692. The minimum atomic E-state index is -0.447. The smallest absolute Gasteiger partial charge is 0.262 e. The number of hydrogen-bond donors (Lipinski definition) is 2. The number of rotatable bonds is 4. The van der Waals surface area contributed by atoms with Gasteiger partial charge >= 0.3 is 0 Å². The molecule has 0 aromatic carbocycles. The minimum absolute atomic E-state index is 0.115. The summed E-state index contributed by atoms with van der Waals surface area (Å²) in [6, 6.07) is 6.56. The number of carbonyl (C=O) groups excluding carboxylic acids is 1. The van der Waals surface area contributed by atoms with Gasteiger partial charge in [-0.1, -0.05) is 6.07 Å². The summed E-state index contributed by atoms with van der Waals surface area (Å²) < 4.78 is 6.80. The zero-order valence-corrected chi connectivity index (χ0v) is 13.1. The maximum atomic E-state index is 12.4. The van der Waals surface area contributed by atoms with Crippen LogP contribution >= 0.6 is 0 Å². The van der Waals surface area contributed by atoms with Gasteiger partial charge in [0.2, 0.25) is 5.88 Å². The van der Waals surface area contributed by atoms with Crippen LogP contribution in [0.3, 0.4) is 0 Å². The van der Waals surface area contributed by atoms with Crippen LogP contribution in [0.25, 0.3) is 5.65 Å². The van der Waals surface area contributed by atoms with E-state index in [1.165, 1.54) is 13.2 Å². The molecule has 1 fully saturated rings. The van der Waals surface area contributed by atoms with Gasteiger partial charge in [0.1, 0.15) is 17.2 Å². The average molecular weight is 324 g/mol. The third-order valence-corrected chi connectivity index (χ3v) is 4.00. The molecule has 2 N–H and O–H groups in total. The van der Waals surface area contributed by atoms with Crippen LogP contribution in [0.15, 0.2) is 36.7 Å². The molecule has 0 unspecified atom stereocenters. The fraction of sp³-hybridized carbons (Fsp3) is 0.235. The Morgan fingerprint density at radius 1 is 1.33 bits per heavy atom. The van der Waals surface area contributed by atoms with Crippen LogP contribution in [0, 0.1) is 0 Å². The number of fused-ring (bicyclic) bond motifs is 1. The number of ether oxygens (including phenoxy) is 1. The molecule has 0 saturated heterocycles. The predicted octanol–water partition coefficient (Wildman–Crippen LogP) is 2.57. The lowest BCUT2D eigenvalue weighted by Crippen LogP contribution is -2.14. The number of pyridine rings is 2. The highest BCUT2D eigenvalue weighted by Gasteiger charge is 2.26. The van der Waals surface area contributed by atoms with E-state index in [1.807, 2.05) is 6.20 Å². The summed E-state index contributed by atoms with van der Waals surface area (Å²) in [4.78, 5) is 21.1. The Balaban J connectivity index is 1.64. The zero-order chi connectivity index (χ0) is 16.7. The van der Waals surface area contributed by atoms with Crippen molar-refractivity contribution in [2.75, 3.05) is 12.4 Å². The van der Waals surface area contributed by atoms with E-state index in [0.717, 1.165) is 18.5 Å². The topological polar surface area (TPSA) is 88.8 Å². The molecule has 1 aliphatic carbocycles. The van der Waals surface area contributed by atoms with Gasteiger partial charge < -0.3 is 19.6 Å². The molecule has 4 rings (SSSR count). The number of carbonyl (C=O) groups is 1. The third kappa shape index (κ3) is 2.64. The van der Waals surface area contributed by atoms with Crippen LogP contribution in [0.2, 0.25) is 0 Å². The van der Waals surface area contributed by atoms with Gasteiger partial charge in [-0.05, 0) is 18.9 Å². The minimum Gasteiger partial charge on any atom is -0.507 e. The summed E-state index contributed by atoms with van der Waals surface area (Å²) in [5.41, 5.74) is 1.79. The molecule has 3 heterocycles. The monoisotopic (exact) mass is 324 g/mol. The Bertz CT molecular complexity index is 931. The van der Waals surface area contributed by atoms with Crippen molar-refractivity contribution in [1.82, 2.24) is 14.4 Å². The summed E-state index contributed by atoms with van der Waals surface area (Å²) in [6.45, 7) is 0. The van der Waals surface area contributed by atoms with Crippen molar-refractivity contribution in [3.05, 3.63) is 47.9 Å². The van der Waals surface area contributed by atoms with E-state index >= 15 is 0 Å². The molecule has 7 heteroatoms. The highest BCUT2D eigenvalue weighted by atomic mass is 16.5. The first-order chi connectivity index (χ1) is 11.6. The zero-order valence-electron chi connectivity index (χ0n) is 13.1. The Labute approximate surface area is 137 Å². The Morgan fingerprint density at radius 3 is 2.92 bits per heavy atom. The van der Waals surface area contributed by atoms with Crippen molar-refractivity contribution >= 4 is 17.4 Å². The number of hydrogen-bond acceptors (Lipinski definition) is 5. The molecule has 7 nitrogen and oxygen atoms in total. The molecule has 0 aliphatic heterocycles. The van der Waals surface area contributed by atoms with Crippen LogP contribution in [0.4, 0.5) is 5.82 Å². The number of nitrogens with one attached hydrogen (secondary N) is 1. The predicted molar refractivity (Wildman–Crippen MR) is 87.6 cm³/mol. The Morgan fingerprint density at radius 2 is 2.17 bits per heavy atom. The molecule has 1 amide bonds. The lowest BCUT2D eigenvalue weighted by molar-refractivity contribution is 0.102. The van der Waals surface area contributed by atoms with Crippen molar-refractivity contribution < 1.29 is 14.6 Å². The van der Waals surface area contributed by atoms with E-state index in [9.17, 15) is 9.90 Å². The number of nitrogens with zero attached hydrogens (tertiary/aromatic N) is 3. The summed E-state index contributed by atoms with van der Waals surface area (Å²) in [5, 5.41) is 12.8. The lowest BCUT2D eigenvalue weighted by atomic mass is 10.2. The number of amides is 1. The normalized spacial score (nSPS) is 13.9. The number of aromatic nitrogens is 3. The molecular weight excluding hydrogens is 308 g/mol. The number of methoxy groups -OCH3 is 1. The summed E-state index contributed by atoms with van der Waals surface area (Å²) in [7, 11) is 1.50. The maximum absolute atomic E-state index is 12.4. The highest BCUT2D eigenvalue weighted by Crippen LogP contribution is 2.39. The number of anilines is 1. The van der Waals surface area contributed by atoms with Crippen LogP contribution in [0.5, 0.6) is 11.6 Å². The Kier molecular flexibility index (Phi) is 3.34. The van der Waals surface area contributed by atoms with E-state index in [4.69, 9.17) is 4.74 Å². The molecule has 1 saturated carbocycles. The molecule has 1 aliphatic rings. The number of aromatic hydroxyl groups is 1. The standard InChI is InChI=1S/C17H16N4O3/c1-24-16-4-2-3-14(19-16)20-17(23)11-8-21-9-12(10-5-6-10)18-15(21)7-13(11)22/h2-4,7-10,22H,5-6H2,1H3,(H,19,20,23). The fourth-order valence-corrected chi connectivity index (χ4v) is 2.58. The summed E-state index contributed by atoms with van der Waals surface area (Å²) >= 11 is 0. The van der Waals surface area contributed by atoms with E-state index in [2.05, 4.69) is 15.3 Å². The van der Waals surface area contributed by atoms with Crippen molar-refractivity contribution in [2.45, 2.75) is 18.8 Å². The van der Waals surface area contributed by atoms with Crippen molar-refractivity contribution in [3.8, 4) is 11.6 Å². The van der Waals surface area contributed by atoms with Crippen molar-refractivity contribution in [2.24, 2.45) is 0 Å². The first-order valence-electron chi connectivity index (χ1n) is 7.68. The SMILES string of the molecule is COc1cccc(NC(=O)c2cn3cc(C4CC4)nc3cc2O)n1. The van der Waals surface area contributed by atoms with Gasteiger partial charge in [0.05, 0.1) is 18.4 Å². The maximum Gasteiger partial charge on any atom is 0.262 e. The second-order valence-electron chi connectivity index (χ2n) is 5.80. The molecule has 0 spiro atoms. The van der Waals surface area contributed by atoms with E-state index in [1.54, 1.807) is 28.8 Å². The quantitative estimate of drug-likeness (QED) is 0.770. The van der Waals surface area contributed by atoms with E-state index in [-0.39, 0.29) is 11.3 Å². The van der Waals surface area contributed by atoms with Gasteiger partial charge in [0.25, 0.3) is 5.91 Å². The second-order valence-corrected chi connectivity index (χ2v) is 5.80. The first-order valence-corrected chi connectivity index (χ1v) is 7.68. The fourth-order valence-electron chi connectivity index (χ4n) is 2.58. The van der Waals surface area contributed by atoms with E-state index in [0.29, 0.717) is 23.3 Å². The molecule has 24 heavy (non-hydrogen) atoms. The highest BCUT2D eigenvalue weighted by molar-refractivity contribution is 6.05. The second kappa shape index (κ2) is 5.52. The van der Waals surface area contributed by atoms with Gasteiger partial charge in [-0.3, -0.25) is 4.79 Å². The summed E-state index contributed by atoms with van der Waals surface area (Å²) in [6.07, 6.45) is 5.78. The molecule has 0 radical (unpaired) electrons. The van der Waals surface area contributed by atoms with E-state index < -0.39 is 5.91 Å². The van der Waals surface area contributed by atoms with Crippen molar-refractivity contribution in [3.63, 3.8) is 0 Å². The van der Waals surface area contributed by atoms with Gasteiger partial charge in [0.15, 0.2) is 0 Å². The van der Waals surface area contributed by atoms with Gasteiger partial charge in [-0.15, -0.1) is 0 Å². The Hall–Kier alpha value is -3.09. The van der Waals surface area contributed by atoms with Gasteiger partial charge in [-0.2, -0.15) is 4.98 Å². The van der Waals surface area contributed by atoms with Gasteiger partial charge in [-0.25, -0.2) is 4.98 Å². The van der Waals surface area contributed by atoms with Crippen LogP contribution in [-0.2, 0) is 0 Å². The average Bonchev–Trinajstić information content (AvgIpc) is 3.35. The molecule has 3 aromatic rings. The molecule has 0 atom stereocenters. The molecule has 3 aromatic heterocycles. The number of imidazole rings is 1. The lowest BCUT2D eigenvalue weighted by Gasteiger charge is -2.08. The van der Waals surface area contributed by atoms with Crippen molar-refractivity contribution in [1.29, 1.82) is 0 Å². The largest absolute Gasteiger partial charge is 0.507 e. The van der Waals surface area contributed by atoms with Gasteiger partial charge in [0, 0.05) is 30.4 Å². The van der Waals surface area contributed by atoms with Crippen LogP contribution in [-0.4, -0.2) is 32.5 Å².